The molecule has 1 atom stereocenters. The zero-order chi connectivity index (χ0) is 22.4. The van der Waals surface area contributed by atoms with Gasteiger partial charge in [0.25, 0.3) is 0 Å². The highest BCUT2D eigenvalue weighted by molar-refractivity contribution is 6.42. The molecule has 0 radical (unpaired) electrons. The molecule has 0 aromatic heterocycles. The van der Waals surface area contributed by atoms with Crippen molar-refractivity contribution in [3.63, 3.8) is 0 Å². The molecule has 1 fully saturated rings. The van der Waals surface area contributed by atoms with Gasteiger partial charge in [-0.3, -0.25) is 4.79 Å². The lowest BCUT2D eigenvalue weighted by Gasteiger charge is -2.32. The van der Waals surface area contributed by atoms with Crippen molar-refractivity contribution in [3.8, 4) is 5.75 Å². The second-order valence-corrected chi connectivity index (χ2v) is 8.52. The summed E-state index contributed by atoms with van der Waals surface area (Å²) in [4.78, 5) is 28.0. The van der Waals surface area contributed by atoms with Crippen molar-refractivity contribution in [2.45, 2.75) is 25.3 Å². The number of aliphatic carboxylic acids is 1. The lowest BCUT2D eigenvalue weighted by Crippen LogP contribution is -3.00. The minimum Gasteiger partial charge on any atom is -1.00 e. The van der Waals surface area contributed by atoms with E-state index in [1.807, 2.05) is 18.2 Å². The van der Waals surface area contributed by atoms with E-state index in [1.165, 1.54) is 0 Å². The normalized spacial score (nSPS) is 14.5. The molecular formula is C23H26Cl3N2O4-. The van der Waals surface area contributed by atoms with Crippen LogP contribution in [0.3, 0.4) is 0 Å². The maximum Gasteiger partial charge on any atom is 0.341 e. The molecule has 6 nitrogen and oxygen atoms in total. The fourth-order valence-corrected chi connectivity index (χ4v) is 4.06. The minimum absolute atomic E-state index is 0. The summed E-state index contributed by atoms with van der Waals surface area (Å²) in [5, 5.41) is 9.76. The second-order valence-electron chi connectivity index (χ2n) is 7.71. The Morgan fingerprint density at radius 3 is 2.50 bits per heavy atom. The average molecular weight is 501 g/mol. The van der Waals surface area contributed by atoms with Crippen LogP contribution in [0.15, 0.2) is 42.5 Å². The minimum atomic E-state index is -1.03. The molecule has 0 aliphatic carbocycles. The zero-order valence-corrected chi connectivity index (χ0v) is 20.0. The van der Waals surface area contributed by atoms with Crippen molar-refractivity contribution in [1.82, 2.24) is 9.80 Å². The van der Waals surface area contributed by atoms with Crippen molar-refractivity contribution in [1.29, 1.82) is 0 Å². The van der Waals surface area contributed by atoms with Gasteiger partial charge in [0.1, 0.15) is 5.75 Å². The van der Waals surface area contributed by atoms with E-state index in [-0.39, 0.29) is 30.8 Å². The molecule has 1 heterocycles. The van der Waals surface area contributed by atoms with E-state index in [4.69, 9.17) is 33.0 Å². The van der Waals surface area contributed by atoms with E-state index in [1.54, 1.807) is 36.2 Å². The third-order valence-electron chi connectivity index (χ3n) is 5.44. The highest BCUT2D eigenvalue weighted by Crippen LogP contribution is 2.28. The van der Waals surface area contributed by atoms with Gasteiger partial charge in [-0.2, -0.15) is 0 Å². The SMILES string of the molecule is CN(C(=O)Cc1ccc(Cl)c(Cl)c1)C(CN1CCCC1)c1cccc(OCC(=O)O)c1.[Cl-]. The number of hydrogen-bond acceptors (Lipinski definition) is 4. The van der Waals surface area contributed by atoms with E-state index in [2.05, 4.69) is 4.90 Å². The van der Waals surface area contributed by atoms with Crippen LogP contribution in [0.4, 0.5) is 0 Å². The summed E-state index contributed by atoms with van der Waals surface area (Å²) in [7, 11) is 1.80. The summed E-state index contributed by atoms with van der Waals surface area (Å²) in [6.07, 6.45) is 2.50. The Morgan fingerprint density at radius 2 is 1.84 bits per heavy atom. The zero-order valence-electron chi connectivity index (χ0n) is 17.8. The molecule has 1 N–H and O–H groups in total. The lowest BCUT2D eigenvalue weighted by atomic mass is 10.0. The van der Waals surface area contributed by atoms with Crippen LogP contribution in [-0.4, -0.2) is 60.1 Å². The standard InChI is InChI=1S/C23H26Cl2N2O4.ClH/c1-26(22(28)12-16-7-8-19(24)20(25)11-16)21(14-27-9-2-3-10-27)17-5-4-6-18(13-17)31-15-23(29)30;/h4-8,11,13,21H,2-3,9-10,12,14-15H2,1H3,(H,29,30);1H/p-1. The smallest absolute Gasteiger partial charge is 0.341 e. The van der Waals surface area contributed by atoms with Crippen LogP contribution < -0.4 is 17.1 Å². The molecule has 0 bridgehead atoms. The molecule has 2 aromatic rings. The number of ether oxygens (including phenoxy) is 1. The van der Waals surface area contributed by atoms with Crippen molar-refractivity contribution >= 4 is 35.1 Å². The summed E-state index contributed by atoms with van der Waals surface area (Å²) in [6.45, 7) is 2.29. The fraction of sp³-hybridized carbons (Fsp3) is 0.391. The molecule has 174 valence electrons. The van der Waals surface area contributed by atoms with Gasteiger partial charge in [-0.15, -0.1) is 0 Å². The first-order valence-corrected chi connectivity index (χ1v) is 11.0. The molecule has 32 heavy (non-hydrogen) atoms. The Hall–Kier alpha value is -1.99. The van der Waals surface area contributed by atoms with Crippen LogP contribution in [0, 0.1) is 0 Å². The number of amides is 1. The Balaban J connectivity index is 0.00000363. The summed E-state index contributed by atoms with van der Waals surface area (Å²) < 4.78 is 5.34. The third-order valence-corrected chi connectivity index (χ3v) is 6.17. The van der Waals surface area contributed by atoms with Gasteiger partial charge >= 0.3 is 5.97 Å². The molecule has 1 amide bonds. The monoisotopic (exact) mass is 499 g/mol. The molecule has 1 unspecified atom stereocenters. The van der Waals surface area contributed by atoms with Crippen LogP contribution in [0.2, 0.25) is 10.0 Å². The van der Waals surface area contributed by atoms with Crippen molar-refractivity contribution < 1.29 is 31.8 Å². The predicted molar refractivity (Wildman–Crippen MR) is 121 cm³/mol. The molecule has 0 spiro atoms. The molecule has 0 saturated carbocycles. The average Bonchev–Trinajstić information content (AvgIpc) is 3.26. The van der Waals surface area contributed by atoms with E-state index in [0.717, 1.165) is 37.1 Å². The predicted octanol–water partition coefficient (Wildman–Crippen LogP) is 1.30. The van der Waals surface area contributed by atoms with Crippen LogP contribution in [0.5, 0.6) is 5.75 Å². The van der Waals surface area contributed by atoms with Gasteiger partial charge in [-0.05, 0) is 61.3 Å². The number of carboxylic acid groups (broad SMARTS) is 1. The van der Waals surface area contributed by atoms with Crippen molar-refractivity contribution in [3.05, 3.63) is 63.6 Å². The first-order chi connectivity index (χ1) is 14.8. The largest absolute Gasteiger partial charge is 1.00 e. The number of rotatable bonds is 9. The second kappa shape index (κ2) is 12.3. The quantitative estimate of drug-likeness (QED) is 0.562. The summed E-state index contributed by atoms with van der Waals surface area (Å²) in [5.74, 6) is -0.607. The number of hydrogen-bond donors (Lipinski definition) is 1. The van der Waals surface area contributed by atoms with Gasteiger partial charge in [-0.1, -0.05) is 41.4 Å². The number of likely N-dealkylation sites (N-methyl/N-ethyl adjacent to an activating group) is 1. The van der Waals surface area contributed by atoms with Gasteiger partial charge in [0.15, 0.2) is 6.61 Å². The number of nitrogens with zero attached hydrogens (tertiary/aromatic N) is 2. The molecule has 1 aliphatic heterocycles. The summed E-state index contributed by atoms with van der Waals surface area (Å²) >= 11 is 12.1. The van der Waals surface area contributed by atoms with Gasteiger partial charge in [0.05, 0.1) is 22.5 Å². The van der Waals surface area contributed by atoms with Crippen LogP contribution >= 0.6 is 23.2 Å². The number of benzene rings is 2. The van der Waals surface area contributed by atoms with Crippen molar-refractivity contribution in [2.24, 2.45) is 0 Å². The highest BCUT2D eigenvalue weighted by Gasteiger charge is 2.26. The van der Waals surface area contributed by atoms with Gasteiger partial charge in [-0.25, -0.2) is 4.79 Å². The number of likely N-dealkylation sites (tertiary alicyclic amines) is 1. The molecule has 1 aliphatic rings. The topological polar surface area (TPSA) is 70.1 Å². The molecule has 2 aromatic carbocycles. The highest BCUT2D eigenvalue weighted by atomic mass is 35.5. The number of carbonyl (C=O) groups excluding carboxylic acids is 1. The molecular weight excluding hydrogens is 475 g/mol. The Morgan fingerprint density at radius 1 is 1.12 bits per heavy atom. The van der Waals surface area contributed by atoms with E-state index in [9.17, 15) is 9.59 Å². The van der Waals surface area contributed by atoms with Crippen molar-refractivity contribution in [2.75, 3.05) is 33.3 Å². The van der Waals surface area contributed by atoms with E-state index >= 15 is 0 Å². The number of carboxylic acids is 1. The van der Waals surface area contributed by atoms with Crippen LogP contribution in [-0.2, 0) is 16.0 Å². The maximum atomic E-state index is 13.1. The Kier molecular flexibility index (Phi) is 10.1. The van der Waals surface area contributed by atoms with E-state index in [0.29, 0.717) is 22.3 Å². The fourth-order valence-electron chi connectivity index (χ4n) is 3.74. The lowest BCUT2D eigenvalue weighted by molar-refractivity contribution is -0.139. The first-order valence-electron chi connectivity index (χ1n) is 10.2. The molecule has 1 saturated heterocycles. The number of carbonyl (C=O) groups is 2. The first kappa shape index (κ1) is 26.3. The van der Waals surface area contributed by atoms with Gasteiger partial charge < -0.3 is 32.1 Å². The van der Waals surface area contributed by atoms with E-state index < -0.39 is 12.6 Å². The summed E-state index contributed by atoms with van der Waals surface area (Å²) in [5.41, 5.74) is 1.70. The summed E-state index contributed by atoms with van der Waals surface area (Å²) in [6, 6.07) is 12.3. The van der Waals surface area contributed by atoms with Gasteiger partial charge in [0.2, 0.25) is 5.91 Å². The Bertz CT molecular complexity index is 935. The number of halogens is 3. The maximum absolute atomic E-state index is 13.1. The van der Waals surface area contributed by atoms with Crippen LogP contribution in [0.1, 0.15) is 30.0 Å². The Labute approximate surface area is 204 Å². The molecule has 3 rings (SSSR count). The molecule has 9 heteroatoms. The van der Waals surface area contributed by atoms with Gasteiger partial charge in [0, 0.05) is 13.6 Å². The van der Waals surface area contributed by atoms with Crippen LogP contribution in [0.25, 0.3) is 0 Å². The third kappa shape index (κ3) is 7.27.